The number of benzene rings is 2. The van der Waals surface area contributed by atoms with Gasteiger partial charge < -0.3 is 5.32 Å². The molecular weight excluding hydrogens is 274 g/mol. The minimum absolute atomic E-state index is 0.0306. The Morgan fingerprint density at radius 3 is 2.14 bits per heavy atom. The molecule has 0 fully saturated rings. The van der Waals surface area contributed by atoms with Gasteiger partial charge in [-0.05, 0) is 24.6 Å². The second-order valence-corrected chi connectivity index (χ2v) is 6.79. The topological polar surface area (TPSA) is 46.2 Å². The summed E-state index contributed by atoms with van der Waals surface area (Å²) in [6.07, 6.45) is 0. The lowest BCUT2D eigenvalue weighted by Gasteiger charge is -2.41. The van der Waals surface area contributed by atoms with Gasteiger partial charge in [-0.1, -0.05) is 56.3 Å². The number of carbonyl (C=O) groups excluding carboxylic acids is 2. The van der Waals surface area contributed by atoms with E-state index in [0.717, 1.165) is 10.8 Å². The van der Waals surface area contributed by atoms with Gasteiger partial charge >= 0.3 is 0 Å². The van der Waals surface area contributed by atoms with Crippen molar-refractivity contribution >= 4 is 22.5 Å². The van der Waals surface area contributed by atoms with E-state index in [1.807, 2.05) is 70.2 Å². The molecule has 0 aliphatic carbocycles. The Hall–Kier alpha value is -2.16. The molecule has 2 rings (SSSR count). The van der Waals surface area contributed by atoms with Gasteiger partial charge in [-0.3, -0.25) is 9.59 Å². The Bertz CT molecular complexity index is 724. The van der Waals surface area contributed by atoms with Crippen LogP contribution in [0.4, 0.5) is 0 Å². The SMILES string of the molecule is CC(=O)NC(C)(C)C(C)(C)C(=O)c1cccc2ccccc12. The minimum atomic E-state index is -0.733. The molecule has 0 radical (unpaired) electrons. The summed E-state index contributed by atoms with van der Waals surface area (Å²) in [5, 5.41) is 4.89. The highest BCUT2D eigenvalue weighted by Crippen LogP contribution is 2.36. The van der Waals surface area contributed by atoms with Crippen molar-refractivity contribution in [2.24, 2.45) is 5.41 Å². The predicted octanol–water partition coefficient (Wildman–Crippen LogP) is 3.96. The Morgan fingerprint density at radius 2 is 1.50 bits per heavy atom. The summed E-state index contributed by atoms with van der Waals surface area (Å²) in [6.45, 7) is 9.01. The number of hydrogen-bond acceptors (Lipinski definition) is 2. The monoisotopic (exact) mass is 297 g/mol. The van der Waals surface area contributed by atoms with E-state index in [1.54, 1.807) is 0 Å². The first kappa shape index (κ1) is 16.2. The van der Waals surface area contributed by atoms with Gasteiger partial charge in [-0.25, -0.2) is 0 Å². The van der Waals surface area contributed by atoms with Crippen LogP contribution in [0.25, 0.3) is 10.8 Å². The molecule has 0 heterocycles. The third-order valence-corrected chi connectivity index (χ3v) is 4.65. The van der Waals surface area contributed by atoms with E-state index in [4.69, 9.17) is 0 Å². The van der Waals surface area contributed by atoms with E-state index in [9.17, 15) is 9.59 Å². The van der Waals surface area contributed by atoms with Gasteiger partial charge in [-0.15, -0.1) is 0 Å². The van der Waals surface area contributed by atoms with Gasteiger partial charge in [0.15, 0.2) is 5.78 Å². The molecule has 116 valence electrons. The molecule has 3 nitrogen and oxygen atoms in total. The molecule has 22 heavy (non-hydrogen) atoms. The average Bonchev–Trinajstić information content (AvgIpc) is 2.44. The summed E-state index contributed by atoms with van der Waals surface area (Å²) in [6, 6.07) is 13.6. The van der Waals surface area contributed by atoms with E-state index in [2.05, 4.69) is 5.32 Å². The zero-order valence-electron chi connectivity index (χ0n) is 13.9. The van der Waals surface area contributed by atoms with Crippen LogP contribution in [0.15, 0.2) is 42.5 Å². The van der Waals surface area contributed by atoms with Crippen LogP contribution in [0.5, 0.6) is 0 Å². The molecular formula is C19H23NO2. The first-order chi connectivity index (χ1) is 10.2. The number of fused-ring (bicyclic) bond motifs is 1. The summed E-state index contributed by atoms with van der Waals surface area (Å²) < 4.78 is 0. The van der Waals surface area contributed by atoms with Crippen molar-refractivity contribution in [2.45, 2.75) is 40.2 Å². The molecule has 0 spiro atoms. The second kappa shape index (κ2) is 5.56. The molecule has 0 aliphatic heterocycles. The van der Waals surface area contributed by atoms with Crippen LogP contribution in [-0.2, 0) is 4.79 Å². The largest absolute Gasteiger partial charge is 0.350 e. The van der Waals surface area contributed by atoms with Crippen LogP contribution in [-0.4, -0.2) is 17.2 Å². The van der Waals surface area contributed by atoms with Crippen molar-refractivity contribution in [3.05, 3.63) is 48.0 Å². The maximum Gasteiger partial charge on any atom is 0.217 e. The molecule has 0 saturated heterocycles. The molecule has 0 aromatic heterocycles. The van der Waals surface area contributed by atoms with Gasteiger partial charge in [0, 0.05) is 18.0 Å². The van der Waals surface area contributed by atoms with E-state index < -0.39 is 11.0 Å². The Balaban J connectivity index is 2.51. The standard InChI is InChI=1S/C19H23NO2/c1-13(21)20-19(4,5)18(2,3)17(22)16-12-8-10-14-9-6-7-11-15(14)16/h6-12H,1-5H3,(H,20,21). The lowest BCUT2D eigenvalue weighted by atomic mass is 9.69. The van der Waals surface area contributed by atoms with Crippen molar-refractivity contribution in [3.63, 3.8) is 0 Å². The maximum atomic E-state index is 13.2. The number of amides is 1. The van der Waals surface area contributed by atoms with Crippen LogP contribution < -0.4 is 5.32 Å². The number of carbonyl (C=O) groups is 2. The summed E-state index contributed by atoms with van der Waals surface area (Å²) in [5.41, 5.74) is -0.683. The molecule has 0 atom stereocenters. The molecule has 0 unspecified atom stereocenters. The Labute approximate surface area is 131 Å². The quantitative estimate of drug-likeness (QED) is 0.868. The third-order valence-electron chi connectivity index (χ3n) is 4.65. The Morgan fingerprint density at radius 1 is 0.909 bits per heavy atom. The predicted molar refractivity (Wildman–Crippen MR) is 90.0 cm³/mol. The van der Waals surface area contributed by atoms with Crippen molar-refractivity contribution in [3.8, 4) is 0 Å². The molecule has 0 aliphatic rings. The first-order valence-electron chi connectivity index (χ1n) is 7.48. The zero-order chi connectivity index (χ0) is 16.5. The third kappa shape index (κ3) is 2.76. The zero-order valence-corrected chi connectivity index (χ0v) is 13.9. The molecule has 1 amide bonds. The highest BCUT2D eigenvalue weighted by atomic mass is 16.1. The number of Topliss-reactive ketones (excluding diaryl/α,β-unsaturated/α-hetero) is 1. The van der Waals surface area contributed by atoms with Crippen LogP contribution in [0.2, 0.25) is 0 Å². The molecule has 0 saturated carbocycles. The fourth-order valence-electron chi connectivity index (χ4n) is 2.64. The first-order valence-corrected chi connectivity index (χ1v) is 7.48. The van der Waals surface area contributed by atoms with Crippen molar-refractivity contribution in [1.82, 2.24) is 5.32 Å². The Kier molecular flexibility index (Phi) is 4.10. The van der Waals surface area contributed by atoms with Crippen molar-refractivity contribution in [1.29, 1.82) is 0 Å². The highest BCUT2D eigenvalue weighted by Gasteiger charge is 2.44. The summed E-state index contributed by atoms with van der Waals surface area (Å²) >= 11 is 0. The minimum Gasteiger partial charge on any atom is -0.350 e. The number of ketones is 1. The van der Waals surface area contributed by atoms with Gasteiger partial charge in [0.05, 0.1) is 5.41 Å². The van der Waals surface area contributed by atoms with Crippen LogP contribution >= 0.6 is 0 Å². The lowest BCUT2D eigenvalue weighted by Crippen LogP contribution is -2.56. The summed E-state index contributed by atoms with van der Waals surface area (Å²) in [4.78, 5) is 24.6. The summed E-state index contributed by atoms with van der Waals surface area (Å²) in [7, 11) is 0. The number of nitrogens with one attached hydrogen (secondary N) is 1. The summed E-state index contributed by atoms with van der Waals surface area (Å²) in [5.74, 6) is -0.105. The fourth-order valence-corrected chi connectivity index (χ4v) is 2.64. The second-order valence-electron chi connectivity index (χ2n) is 6.79. The molecule has 0 bridgehead atoms. The lowest BCUT2D eigenvalue weighted by molar-refractivity contribution is -0.121. The van der Waals surface area contributed by atoms with E-state index in [0.29, 0.717) is 5.56 Å². The highest BCUT2D eigenvalue weighted by molar-refractivity contribution is 6.11. The normalized spacial score (nSPS) is 12.2. The molecule has 2 aromatic carbocycles. The van der Waals surface area contributed by atoms with Gasteiger partial charge in [-0.2, -0.15) is 0 Å². The van der Waals surface area contributed by atoms with Crippen molar-refractivity contribution < 1.29 is 9.59 Å². The van der Waals surface area contributed by atoms with E-state index >= 15 is 0 Å². The van der Waals surface area contributed by atoms with Gasteiger partial charge in [0.1, 0.15) is 0 Å². The van der Waals surface area contributed by atoms with Gasteiger partial charge in [0.25, 0.3) is 0 Å². The molecule has 1 N–H and O–H groups in total. The number of hydrogen-bond donors (Lipinski definition) is 1. The molecule has 2 aromatic rings. The van der Waals surface area contributed by atoms with Crippen LogP contribution in [0.3, 0.4) is 0 Å². The van der Waals surface area contributed by atoms with Gasteiger partial charge in [0.2, 0.25) is 5.91 Å². The van der Waals surface area contributed by atoms with Crippen LogP contribution in [0.1, 0.15) is 45.0 Å². The average molecular weight is 297 g/mol. The van der Waals surface area contributed by atoms with Crippen LogP contribution in [0, 0.1) is 5.41 Å². The van der Waals surface area contributed by atoms with E-state index in [-0.39, 0.29) is 11.7 Å². The van der Waals surface area contributed by atoms with E-state index in [1.165, 1.54) is 6.92 Å². The fraction of sp³-hybridized carbons (Fsp3) is 0.368. The number of rotatable bonds is 4. The van der Waals surface area contributed by atoms with Crippen molar-refractivity contribution in [2.75, 3.05) is 0 Å². The molecule has 3 heteroatoms. The maximum absolute atomic E-state index is 13.2. The smallest absolute Gasteiger partial charge is 0.217 e.